The van der Waals surface area contributed by atoms with Crippen LogP contribution in [0.5, 0.6) is 0 Å². The summed E-state index contributed by atoms with van der Waals surface area (Å²) >= 11 is 5.89. The summed E-state index contributed by atoms with van der Waals surface area (Å²) in [5.74, 6) is -0.733. The fraction of sp³-hybridized carbons (Fsp3) is 0.462. The molecule has 3 heteroatoms. The van der Waals surface area contributed by atoms with Crippen LogP contribution in [-0.4, -0.2) is 11.1 Å². The topological polar surface area (TPSA) is 37.3 Å². The third-order valence-corrected chi connectivity index (χ3v) is 3.99. The van der Waals surface area contributed by atoms with Crippen molar-refractivity contribution in [1.29, 1.82) is 0 Å². The van der Waals surface area contributed by atoms with Crippen molar-refractivity contribution in [1.82, 2.24) is 0 Å². The average Bonchev–Trinajstić information content (AvgIpc) is 2.70. The minimum absolute atomic E-state index is 0.169. The normalized spacial score (nSPS) is 26.5. The van der Waals surface area contributed by atoms with Crippen molar-refractivity contribution in [2.24, 2.45) is 5.41 Å². The molecule has 0 radical (unpaired) electrons. The molecule has 16 heavy (non-hydrogen) atoms. The SMILES string of the molecule is Cc1cc(Cl)ccc1C1(C(=O)O)CC1(C)C. The molecule has 0 saturated heterocycles. The standard InChI is InChI=1S/C13H15ClO2/c1-8-6-9(14)4-5-10(8)13(11(15)16)7-12(13,2)3/h4-6H,7H2,1-3H3,(H,15,16). The molecule has 1 unspecified atom stereocenters. The molecule has 0 bridgehead atoms. The van der Waals surface area contributed by atoms with Crippen molar-refractivity contribution in [2.45, 2.75) is 32.6 Å². The maximum absolute atomic E-state index is 11.5. The molecule has 1 N–H and O–H groups in total. The number of benzene rings is 1. The second kappa shape index (κ2) is 3.24. The van der Waals surface area contributed by atoms with E-state index in [2.05, 4.69) is 0 Å². The summed E-state index contributed by atoms with van der Waals surface area (Å²) < 4.78 is 0. The monoisotopic (exact) mass is 238 g/mol. The first-order chi connectivity index (χ1) is 7.31. The van der Waals surface area contributed by atoms with Crippen LogP contribution in [0.3, 0.4) is 0 Å². The van der Waals surface area contributed by atoms with Crippen LogP contribution >= 0.6 is 11.6 Å². The number of carboxylic acid groups (broad SMARTS) is 1. The number of aryl methyl sites for hydroxylation is 1. The lowest BCUT2D eigenvalue weighted by atomic mass is 9.85. The molecule has 2 nitrogen and oxygen atoms in total. The van der Waals surface area contributed by atoms with Crippen LogP contribution in [0.15, 0.2) is 18.2 Å². The van der Waals surface area contributed by atoms with E-state index in [1.54, 1.807) is 6.07 Å². The molecule has 1 atom stereocenters. The predicted molar refractivity (Wildman–Crippen MR) is 63.9 cm³/mol. The maximum atomic E-state index is 11.5. The van der Waals surface area contributed by atoms with Gasteiger partial charge in [0.1, 0.15) is 0 Å². The Balaban J connectivity index is 2.56. The molecular weight excluding hydrogens is 224 g/mol. The molecule has 86 valence electrons. The highest BCUT2D eigenvalue weighted by Gasteiger charge is 2.68. The summed E-state index contributed by atoms with van der Waals surface area (Å²) in [6.07, 6.45) is 0.692. The van der Waals surface area contributed by atoms with E-state index in [0.717, 1.165) is 11.1 Å². The van der Waals surface area contributed by atoms with Crippen LogP contribution in [0, 0.1) is 12.3 Å². The predicted octanol–water partition coefficient (Wildman–Crippen LogP) is 3.40. The van der Waals surface area contributed by atoms with Gasteiger partial charge in [0.05, 0.1) is 5.41 Å². The van der Waals surface area contributed by atoms with E-state index in [-0.39, 0.29) is 5.41 Å². The summed E-state index contributed by atoms with van der Waals surface area (Å²) in [5.41, 5.74) is 0.967. The molecule has 0 amide bonds. The van der Waals surface area contributed by atoms with E-state index < -0.39 is 11.4 Å². The summed E-state index contributed by atoms with van der Waals surface area (Å²) in [7, 11) is 0. The Morgan fingerprint density at radius 3 is 2.38 bits per heavy atom. The molecule has 1 aromatic carbocycles. The third-order valence-electron chi connectivity index (χ3n) is 3.75. The van der Waals surface area contributed by atoms with Crippen molar-refractivity contribution < 1.29 is 9.90 Å². The number of carbonyl (C=O) groups is 1. The number of carboxylic acids is 1. The Labute approximate surface area is 100 Å². The lowest BCUT2D eigenvalue weighted by Gasteiger charge is -2.18. The van der Waals surface area contributed by atoms with Gasteiger partial charge in [-0.3, -0.25) is 4.79 Å². The first-order valence-corrected chi connectivity index (χ1v) is 5.69. The van der Waals surface area contributed by atoms with Gasteiger partial charge in [-0.25, -0.2) is 0 Å². The summed E-state index contributed by atoms with van der Waals surface area (Å²) in [5, 5.41) is 10.1. The van der Waals surface area contributed by atoms with Gasteiger partial charge in [-0.1, -0.05) is 31.5 Å². The number of rotatable bonds is 2. The zero-order chi connectivity index (χ0) is 12.1. The fourth-order valence-corrected chi connectivity index (χ4v) is 2.89. The lowest BCUT2D eigenvalue weighted by molar-refractivity contribution is -0.141. The van der Waals surface area contributed by atoms with Gasteiger partial charge in [0, 0.05) is 5.02 Å². The van der Waals surface area contributed by atoms with Crippen molar-refractivity contribution in [2.75, 3.05) is 0 Å². The Bertz CT molecular complexity index is 465. The molecular formula is C13H15ClO2. The maximum Gasteiger partial charge on any atom is 0.314 e. The highest BCUT2D eigenvalue weighted by molar-refractivity contribution is 6.30. The van der Waals surface area contributed by atoms with E-state index >= 15 is 0 Å². The summed E-state index contributed by atoms with van der Waals surface area (Å²) in [6.45, 7) is 5.91. The van der Waals surface area contributed by atoms with Gasteiger partial charge in [0.25, 0.3) is 0 Å². The van der Waals surface area contributed by atoms with Crippen LogP contribution in [0.25, 0.3) is 0 Å². The van der Waals surface area contributed by atoms with E-state index in [0.29, 0.717) is 11.4 Å². The zero-order valence-electron chi connectivity index (χ0n) is 9.67. The van der Waals surface area contributed by atoms with Gasteiger partial charge >= 0.3 is 5.97 Å². The van der Waals surface area contributed by atoms with Crippen LogP contribution in [0.4, 0.5) is 0 Å². The lowest BCUT2D eigenvalue weighted by Crippen LogP contribution is -2.26. The number of halogens is 1. The largest absolute Gasteiger partial charge is 0.481 e. The van der Waals surface area contributed by atoms with Gasteiger partial charge in [0.15, 0.2) is 0 Å². The average molecular weight is 239 g/mol. The zero-order valence-corrected chi connectivity index (χ0v) is 10.4. The van der Waals surface area contributed by atoms with Gasteiger partial charge in [-0.05, 0) is 42.0 Å². The van der Waals surface area contributed by atoms with Crippen molar-refractivity contribution >= 4 is 17.6 Å². The third kappa shape index (κ3) is 1.36. The Morgan fingerprint density at radius 2 is 2.00 bits per heavy atom. The minimum Gasteiger partial charge on any atom is -0.481 e. The molecule has 0 spiro atoms. The molecule has 2 rings (SSSR count). The molecule has 1 aliphatic carbocycles. The van der Waals surface area contributed by atoms with Crippen LogP contribution in [-0.2, 0) is 10.2 Å². The molecule has 0 aliphatic heterocycles. The second-order valence-corrected chi connectivity index (χ2v) is 5.67. The van der Waals surface area contributed by atoms with Crippen molar-refractivity contribution in [3.63, 3.8) is 0 Å². The molecule has 0 heterocycles. The smallest absolute Gasteiger partial charge is 0.314 e. The van der Waals surface area contributed by atoms with Gasteiger partial charge in [-0.2, -0.15) is 0 Å². The Kier molecular flexibility index (Phi) is 2.32. The highest BCUT2D eigenvalue weighted by Crippen LogP contribution is 2.65. The molecule has 1 fully saturated rings. The first-order valence-electron chi connectivity index (χ1n) is 5.31. The van der Waals surface area contributed by atoms with E-state index in [1.807, 2.05) is 32.9 Å². The number of hydrogen-bond donors (Lipinski definition) is 1. The number of aliphatic carboxylic acids is 1. The van der Waals surface area contributed by atoms with E-state index in [4.69, 9.17) is 11.6 Å². The summed E-state index contributed by atoms with van der Waals surface area (Å²) in [6, 6.07) is 5.44. The quantitative estimate of drug-likeness (QED) is 0.858. The van der Waals surface area contributed by atoms with E-state index in [9.17, 15) is 9.90 Å². The fourth-order valence-electron chi connectivity index (χ4n) is 2.66. The van der Waals surface area contributed by atoms with Gasteiger partial charge in [0.2, 0.25) is 0 Å². The van der Waals surface area contributed by atoms with Crippen LogP contribution in [0.2, 0.25) is 5.02 Å². The highest BCUT2D eigenvalue weighted by atomic mass is 35.5. The van der Waals surface area contributed by atoms with Gasteiger partial charge in [-0.15, -0.1) is 0 Å². The van der Waals surface area contributed by atoms with Gasteiger partial charge < -0.3 is 5.11 Å². The Morgan fingerprint density at radius 1 is 1.44 bits per heavy atom. The molecule has 1 aromatic rings. The number of hydrogen-bond acceptors (Lipinski definition) is 1. The van der Waals surface area contributed by atoms with Crippen molar-refractivity contribution in [3.05, 3.63) is 34.3 Å². The van der Waals surface area contributed by atoms with E-state index in [1.165, 1.54) is 0 Å². The molecule has 0 aromatic heterocycles. The summed E-state index contributed by atoms with van der Waals surface area (Å²) in [4.78, 5) is 11.5. The molecule has 1 aliphatic rings. The van der Waals surface area contributed by atoms with Crippen LogP contribution < -0.4 is 0 Å². The van der Waals surface area contributed by atoms with Crippen LogP contribution in [0.1, 0.15) is 31.4 Å². The minimum atomic E-state index is -0.733. The molecule has 1 saturated carbocycles. The van der Waals surface area contributed by atoms with Crippen molar-refractivity contribution in [3.8, 4) is 0 Å². The Hall–Kier alpha value is -1.02. The first kappa shape index (κ1) is 11.5. The second-order valence-electron chi connectivity index (χ2n) is 5.23.